The highest BCUT2D eigenvalue weighted by Gasteiger charge is 2.35. The lowest BCUT2D eigenvalue weighted by Crippen LogP contribution is -2.17. The number of hydrogen-bond donors (Lipinski definition) is 1. The fourth-order valence-electron chi connectivity index (χ4n) is 1.84. The molecule has 2 aromatic carbocycles. The van der Waals surface area contributed by atoms with Crippen molar-refractivity contribution in [2.24, 2.45) is 0 Å². The maximum absolute atomic E-state index is 12.3. The van der Waals surface area contributed by atoms with E-state index in [9.17, 15) is 18.0 Å². The van der Waals surface area contributed by atoms with Gasteiger partial charge < -0.3 is 9.52 Å². The molecule has 1 heterocycles. The highest BCUT2D eigenvalue weighted by Crippen LogP contribution is 2.28. The summed E-state index contributed by atoms with van der Waals surface area (Å²) in [6, 6.07) is 16.4. The maximum atomic E-state index is 12.3. The predicted molar refractivity (Wildman–Crippen MR) is 79.9 cm³/mol. The number of para-hydroxylation sites is 1. The van der Waals surface area contributed by atoms with Gasteiger partial charge in [-0.3, -0.25) is 0 Å². The molecule has 23 heavy (non-hydrogen) atoms. The molecule has 0 radical (unpaired) electrons. The summed E-state index contributed by atoms with van der Waals surface area (Å²) in [6.07, 6.45) is -4.68. The molecule has 0 spiro atoms. The molecule has 0 aliphatic rings. The van der Waals surface area contributed by atoms with E-state index in [0.29, 0.717) is 0 Å². The Morgan fingerprint density at radius 3 is 2.13 bits per heavy atom. The van der Waals surface area contributed by atoms with Crippen LogP contribution in [-0.4, -0.2) is 5.11 Å². The SMILES string of the molecule is O=c1oc2ccccc2cc1C(F)(F)F.OCc1ccccc1. The highest BCUT2D eigenvalue weighted by atomic mass is 19.4. The molecule has 6 heteroatoms. The molecule has 0 unspecified atom stereocenters. The van der Waals surface area contributed by atoms with Crippen LogP contribution in [0.25, 0.3) is 11.0 Å². The molecule has 0 saturated heterocycles. The van der Waals surface area contributed by atoms with Crippen LogP contribution < -0.4 is 5.63 Å². The van der Waals surface area contributed by atoms with E-state index in [2.05, 4.69) is 4.42 Å². The van der Waals surface area contributed by atoms with E-state index in [1.165, 1.54) is 12.1 Å². The van der Waals surface area contributed by atoms with E-state index in [1.807, 2.05) is 30.3 Å². The molecule has 0 bridgehead atoms. The molecule has 120 valence electrons. The van der Waals surface area contributed by atoms with Crippen molar-refractivity contribution in [2.75, 3.05) is 0 Å². The second kappa shape index (κ2) is 7.11. The van der Waals surface area contributed by atoms with E-state index < -0.39 is 17.4 Å². The molecule has 3 aromatic rings. The van der Waals surface area contributed by atoms with Gasteiger partial charge in [-0.2, -0.15) is 13.2 Å². The Labute approximate surface area is 129 Å². The first kappa shape index (κ1) is 16.8. The lowest BCUT2D eigenvalue weighted by molar-refractivity contribution is -0.139. The van der Waals surface area contributed by atoms with Crippen LogP contribution in [-0.2, 0) is 12.8 Å². The first-order chi connectivity index (χ1) is 10.9. The van der Waals surface area contributed by atoms with Gasteiger partial charge in [-0.15, -0.1) is 0 Å². The van der Waals surface area contributed by atoms with E-state index in [-0.39, 0.29) is 17.6 Å². The summed E-state index contributed by atoms with van der Waals surface area (Å²) in [5.41, 5.74) is -1.52. The van der Waals surface area contributed by atoms with Gasteiger partial charge in [0.15, 0.2) is 0 Å². The molecular weight excluding hydrogens is 309 g/mol. The molecular formula is C17H13F3O3. The highest BCUT2D eigenvalue weighted by molar-refractivity contribution is 5.76. The van der Waals surface area contributed by atoms with Crippen molar-refractivity contribution in [1.29, 1.82) is 0 Å². The summed E-state index contributed by atoms with van der Waals surface area (Å²) in [7, 11) is 0. The van der Waals surface area contributed by atoms with Crippen molar-refractivity contribution in [1.82, 2.24) is 0 Å². The van der Waals surface area contributed by atoms with Crippen LogP contribution in [0.2, 0.25) is 0 Å². The Hall–Kier alpha value is -2.60. The molecule has 0 fully saturated rings. The number of benzene rings is 2. The van der Waals surface area contributed by atoms with Gasteiger partial charge in [0.05, 0.1) is 6.61 Å². The fourth-order valence-corrected chi connectivity index (χ4v) is 1.84. The third kappa shape index (κ3) is 4.43. The van der Waals surface area contributed by atoms with Crippen molar-refractivity contribution >= 4 is 11.0 Å². The Morgan fingerprint density at radius 1 is 0.957 bits per heavy atom. The number of halogens is 3. The van der Waals surface area contributed by atoms with E-state index in [0.717, 1.165) is 11.6 Å². The molecule has 1 N–H and O–H groups in total. The second-order valence-corrected chi connectivity index (χ2v) is 4.63. The molecule has 1 aromatic heterocycles. The normalized spacial score (nSPS) is 11.0. The van der Waals surface area contributed by atoms with Gasteiger partial charge in [0.25, 0.3) is 0 Å². The first-order valence-electron chi connectivity index (χ1n) is 6.66. The number of rotatable bonds is 1. The number of alkyl halides is 3. The van der Waals surface area contributed by atoms with Crippen molar-refractivity contribution in [2.45, 2.75) is 12.8 Å². The number of fused-ring (bicyclic) bond motifs is 1. The minimum Gasteiger partial charge on any atom is -0.422 e. The van der Waals surface area contributed by atoms with Gasteiger partial charge >= 0.3 is 11.8 Å². The Kier molecular flexibility index (Phi) is 5.18. The maximum Gasteiger partial charge on any atom is 0.423 e. The summed E-state index contributed by atoms with van der Waals surface area (Å²) >= 11 is 0. The molecule has 0 aliphatic heterocycles. The second-order valence-electron chi connectivity index (χ2n) is 4.63. The minimum atomic E-state index is -4.68. The van der Waals surface area contributed by atoms with Gasteiger partial charge in [-0.25, -0.2) is 4.79 Å². The summed E-state index contributed by atoms with van der Waals surface area (Å²) in [5, 5.41) is 8.79. The fraction of sp³-hybridized carbons (Fsp3) is 0.118. The van der Waals surface area contributed by atoms with Crippen LogP contribution >= 0.6 is 0 Å². The van der Waals surface area contributed by atoms with E-state index in [4.69, 9.17) is 5.11 Å². The van der Waals surface area contributed by atoms with Crippen LogP contribution in [0.5, 0.6) is 0 Å². The Morgan fingerprint density at radius 2 is 1.57 bits per heavy atom. The van der Waals surface area contributed by atoms with Crippen LogP contribution in [0.15, 0.2) is 69.9 Å². The van der Waals surface area contributed by atoms with E-state index >= 15 is 0 Å². The largest absolute Gasteiger partial charge is 0.423 e. The van der Waals surface area contributed by atoms with Gasteiger partial charge in [-0.1, -0.05) is 48.5 Å². The molecule has 3 nitrogen and oxygen atoms in total. The van der Waals surface area contributed by atoms with Crippen LogP contribution in [0.4, 0.5) is 13.2 Å². The predicted octanol–water partition coefficient (Wildman–Crippen LogP) is 3.99. The van der Waals surface area contributed by atoms with Crippen molar-refractivity contribution in [3.8, 4) is 0 Å². The summed E-state index contributed by atoms with van der Waals surface area (Å²) in [5.74, 6) is 0. The number of aliphatic hydroxyl groups excluding tert-OH is 1. The monoisotopic (exact) mass is 322 g/mol. The van der Waals surface area contributed by atoms with Gasteiger partial charge in [0.2, 0.25) is 0 Å². The molecule has 3 rings (SSSR count). The van der Waals surface area contributed by atoms with Gasteiger partial charge in [0.1, 0.15) is 11.1 Å². The molecule has 0 amide bonds. The molecule has 0 atom stereocenters. The Bertz CT molecular complexity index is 824. The zero-order valence-corrected chi connectivity index (χ0v) is 11.9. The molecule has 0 saturated carbocycles. The summed E-state index contributed by atoms with van der Waals surface area (Å²) < 4.78 is 41.5. The average molecular weight is 322 g/mol. The third-order valence-corrected chi connectivity index (χ3v) is 2.97. The number of aliphatic hydroxyl groups is 1. The lowest BCUT2D eigenvalue weighted by atomic mass is 10.2. The quantitative estimate of drug-likeness (QED) is 0.689. The van der Waals surface area contributed by atoms with Crippen molar-refractivity contribution in [3.63, 3.8) is 0 Å². The average Bonchev–Trinajstić information content (AvgIpc) is 2.54. The minimum absolute atomic E-state index is 0.140. The van der Waals surface area contributed by atoms with Gasteiger partial charge in [-0.05, 0) is 17.7 Å². The molecule has 0 aliphatic carbocycles. The van der Waals surface area contributed by atoms with Crippen molar-refractivity contribution in [3.05, 3.63) is 82.2 Å². The van der Waals surface area contributed by atoms with E-state index in [1.54, 1.807) is 12.1 Å². The van der Waals surface area contributed by atoms with Crippen LogP contribution in [0.1, 0.15) is 11.1 Å². The smallest absolute Gasteiger partial charge is 0.422 e. The standard InChI is InChI=1S/C10H5F3O2.C7H8O/c11-10(12,13)7-5-6-3-1-2-4-8(6)15-9(7)14;8-6-7-4-2-1-3-5-7/h1-5H;1-5,8H,6H2. The topological polar surface area (TPSA) is 50.4 Å². The summed E-state index contributed by atoms with van der Waals surface area (Å²) in [4.78, 5) is 11.0. The van der Waals surface area contributed by atoms with Crippen LogP contribution in [0, 0.1) is 0 Å². The first-order valence-corrected chi connectivity index (χ1v) is 6.66. The third-order valence-electron chi connectivity index (χ3n) is 2.97. The lowest BCUT2D eigenvalue weighted by Gasteiger charge is -2.05. The Balaban J connectivity index is 0.000000203. The van der Waals surface area contributed by atoms with Crippen LogP contribution in [0.3, 0.4) is 0 Å². The number of hydrogen-bond acceptors (Lipinski definition) is 3. The zero-order chi connectivity index (χ0) is 16.9. The summed E-state index contributed by atoms with van der Waals surface area (Å²) in [6.45, 7) is 0.140. The van der Waals surface area contributed by atoms with Crippen molar-refractivity contribution < 1.29 is 22.7 Å². The zero-order valence-electron chi connectivity index (χ0n) is 11.9. The van der Waals surface area contributed by atoms with Gasteiger partial charge in [0, 0.05) is 5.39 Å².